The second-order valence-electron chi connectivity index (χ2n) is 6.06. The van der Waals surface area contributed by atoms with E-state index < -0.39 is 0 Å². The number of benzene rings is 1. The van der Waals surface area contributed by atoms with E-state index >= 15 is 0 Å². The largest absolute Gasteiger partial charge is 0.343 e. The zero-order valence-electron chi connectivity index (χ0n) is 14.1. The first-order chi connectivity index (χ1) is 11.6. The lowest BCUT2D eigenvalue weighted by Gasteiger charge is -2.34. The van der Waals surface area contributed by atoms with E-state index in [1.165, 1.54) is 11.5 Å². The summed E-state index contributed by atoms with van der Waals surface area (Å²) in [5.74, 6) is 0.0471. The molecule has 128 valence electrons. The van der Waals surface area contributed by atoms with Crippen molar-refractivity contribution >= 4 is 33.6 Å². The summed E-state index contributed by atoms with van der Waals surface area (Å²) >= 11 is 1.32. The zero-order chi connectivity index (χ0) is 17.1. The number of amides is 2. The van der Waals surface area contributed by atoms with Gasteiger partial charge in [-0.2, -0.15) is 0 Å². The Morgan fingerprint density at radius 1 is 1.33 bits per heavy atom. The zero-order valence-corrected chi connectivity index (χ0v) is 14.9. The van der Waals surface area contributed by atoms with Gasteiger partial charge >= 0.3 is 0 Å². The molecule has 0 bridgehead atoms. The average molecular weight is 346 g/mol. The average Bonchev–Trinajstić information content (AvgIpc) is 3.09. The van der Waals surface area contributed by atoms with Crippen LogP contribution in [-0.4, -0.2) is 57.4 Å². The standard InChI is InChI=1S/C17H22N4O2S/c1-3-20(4-2)17(23)13-6-5-9-21(11-13)16(22)12-7-8-15-14(10-12)18-19-24-15/h7-8,10,13H,3-6,9,11H2,1-2H3/t13-/m0/s1. The first kappa shape index (κ1) is 16.8. The van der Waals surface area contributed by atoms with Crippen LogP contribution in [0.4, 0.5) is 0 Å². The van der Waals surface area contributed by atoms with E-state index in [4.69, 9.17) is 0 Å². The third kappa shape index (κ3) is 3.26. The quantitative estimate of drug-likeness (QED) is 0.853. The first-order valence-electron chi connectivity index (χ1n) is 8.44. The highest BCUT2D eigenvalue weighted by molar-refractivity contribution is 7.12. The topological polar surface area (TPSA) is 66.4 Å². The van der Waals surface area contributed by atoms with Crippen molar-refractivity contribution in [1.29, 1.82) is 0 Å². The summed E-state index contributed by atoms with van der Waals surface area (Å²) in [6, 6.07) is 5.49. The minimum atomic E-state index is -0.0905. The molecular formula is C17H22N4O2S. The van der Waals surface area contributed by atoms with Crippen molar-refractivity contribution in [2.24, 2.45) is 5.92 Å². The van der Waals surface area contributed by atoms with Crippen LogP contribution in [0.5, 0.6) is 0 Å². The minimum Gasteiger partial charge on any atom is -0.343 e. The molecule has 7 heteroatoms. The number of nitrogens with zero attached hydrogens (tertiary/aromatic N) is 4. The number of carbonyl (C=O) groups excluding carboxylic acids is 2. The number of likely N-dealkylation sites (tertiary alicyclic amines) is 1. The van der Waals surface area contributed by atoms with Gasteiger partial charge in [0.15, 0.2) is 0 Å². The molecule has 0 saturated carbocycles. The van der Waals surface area contributed by atoms with Crippen LogP contribution in [0.15, 0.2) is 18.2 Å². The Balaban J connectivity index is 1.73. The molecule has 0 N–H and O–H groups in total. The van der Waals surface area contributed by atoms with Crippen LogP contribution in [0.2, 0.25) is 0 Å². The van der Waals surface area contributed by atoms with Gasteiger partial charge in [-0.3, -0.25) is 9.59 Å². The van der Waals surface area contributed by atoms with Crippen LogP contribution < -0.4 is 0 Å². The van der Waals surface area contributed by atoms with Gasteiger partial charge in [-0.1, -0.05) is 4.49 Å². The second kappa shape index (κ2) is 7.25. The highest BCUT2D eigenvalue weighted by atomic mass is 32.1. The van der Waals surface area contributed by atoms with Gasteiger partial charge in [-0.05, 0) is 56.4 Å². The molecule has 1 aliphatic heterocycles. The third-order valence-electron chi connectivity index (χ3n) is 4.63. The van der Waals surface area contributed by atoms with Gasteiger partial charge in [0.2, 0.25) is 5.91 Å². The number of rotatable bonds is 4. The van der Waals surface area contributed by atoms with E-state index in [0.29, 0.717) is 31.7 Å². The smallest absolute Gasteiger partial charge is 0.253 e. The number of hydrogen-bond donors (Lipinski definition) is 0. The first-order valence-corrected chi connectivity index (χ1v) is 9.21. The fourth-order valence-corrected chi connectivity index (χ4v) is 3.79. The Bertz CT molecular complexity index is 741. The number of piperidine rings is 1. The van der Waals surface area contributed by atoms with Crippen molar-refractivity contribution in [2.75, 3.05) is 26.2 Å². The molecule has 2 aromatic rings. The number of hydrogen-bond acceptors (Lipinski definition) is 5. The van der Waals surface area contributed by atoms with E-state index in [0.717, 1.165) is 23.1 Å². The Morgan fingerprint density at radius 2 is 2.12 bits per heavy atom. The summed E-state index contributed by atoms with van der Waals surface area (Å²) in [4.78, 5) is 29.0. The van der Waals surface area contributed by atoms with E-state index in [-0.39, 0.29) is 17.7 Å². The van der Waals surface area contributed by atoms with Crippen molar-refractivity contribution in [3.8, 4) is 0 Å². The van der Waals surface area contributed by atoms with Gasteiger partial charge in [0.1, 0.15) is 5.52 Å². The van der Waals surface area contributed by atoms with Crippen molar-refractivity contribution < 1.29 is 9.59 Å². The summed E-state index contributed by atoms with van der Waals surface area (Å²) in [5.41, 5.74) is 1.37. The van der Waals surface area contributed by atoms with Gasteiger partial charge < -0.3 is 9.80 Å². The predicted octanol–water partition coefficient (Wildman–Crippen LogP) is 2.41. The molecular weight excluding hydrogens is 324 g/mol. The molecule has 1 fully saturated rings. The lowest BCUT2D eigenvalue weighted by atomic mass is 9.95. The second-order valence-corrected chi connectivity index (χ2v) is 6.84. The molecule has 3 rings (SSSR count). The molecule has 0 spiro atoms. The normalized spacial score (nSPS) is 17.9. The van der Waals surface area contributed by atoms with Crippen LogP contribution >= 0.6 is 11.5 Å². The maximum absolute atomic E-state index is 12.8. The maximum atomic E-state index is 12.8. The molecule has 0 aliphatic carbocycles. The van der Waals surface area contributed by atoms with E-state index in [1.807, 2.05) is 30.9 Å². The van der Waals surface area contributed by atoms with Crippen molar-refractivity contribution in [3.63, 3.8) is 0 Å². The highest BCUT2D eigenvalue weighted by Gasteiger charge is 2.30. The molecule has 24 heavy (non-hydrogen) atoms. The van der Waals surface area contributed by atoms with Gasteiger partial charge in [0.25, 0.3) is 5.91 Å². The summed E-state index contributed by atoms with van der Waals surface area (Å²) < 4.78 is 4.88. The van der Waals surface area contributed by atoms with Crippen molar-refractivity contribution in [1.82, 2.24) is 19.4 Å². The fraction of sp³-hybridized carbons (Fsp3) is 0.529. The van der Waals surface area contributed by atoms with E-state index in [1.54, 1.807) is 11.0 Å². The Hall–Kier alpha value is -2.02. The van der Waals surface area contributed by atoms with E-state index in [2.05, 4.69) is 9.59 Å². The number of carbonyl (C=O) groups is 2. The monoisotopic (exact) mass is 346 g/mol. The third-order valence-corrected chi connectivity index (χ3v) is 5.33. The lowest BCUT2D eigenvalue weighted by Crippen LogP contribution is -2.46. The molecule has 2 heterocycles. The highest BCUT2D eigenvalue weighted by Crippen LogP contribution is 2.23. The molecule has 0 radical (unpaired) electrons. The summed E-state index contributed by atoms with van der Waals surface area (Å²) in [5, 5.41) is 4.03. The van der Waals surface area contributed by atoms with Crippen LogP contribution in [0.25, 0.3) is 10.2 Å². The Kier molecular flexibility index (Phi) is 5.08. The number of aromatic nitrogens is 2. The van der Waals surface area contributed by atoms with Gasteiger partial charge in [-0.15, -0.1) is 5.10 Å². The fourth-order valence-electron chi connectivity index (χ4n) is 3.25. The van der Waals surface area contributed by atoms with Crippen LogP contribution in [0.3, 0.4) is 0 Å². The van der Waals surface area contributed by atoms with E-state index in [9.17, 15) is 9.59 Å². The molecule has 1 saturated heterocycles. The molecule has 6 nitrogen and oxygen atoms in total. The van der Waals surface area contributed by atoms with Gasteiger partial charge in [0.05, 0.1) is 10.6 Å². The van der Waals surface area contributed by atoms with Crippen LogP contribution in [0.1, 0.15) is 37.0 Å². The van der Waals surface area contributed by atoms with Gasteiger partial charge in [-0.25, -0.2) is 0 Å². The summed E-state index contributed by atoms with van der Waals surface area (Å²) in [6.07, 6.45) is 1.72. The summed E-state index contributed by atoms with van der Waals surface area (Å²) in [6.45, 7) is 6.62. The Labute approximate surface area is 145 Å². The van der Waals surface area contributed by atoms with Crippen LogP contribution in [-0.2, 0) is 4.79 Å². The minimum absolute atomic E-state index is 0.0260. The SMILES string of the molecule is CCN(CC)C(=O)[C@H]1CCCN(C(=O)c2ccc3snnc3c2)C1. The molecule has 1 aliphatic rings. The Morgan fingerprint density at radius 3 is 2.88 bits per heavy atom. The lowest BCUT2D eigenvalue weighted by molar-refractivity contribution is -0.136. The predicted molar refractivity (Wildman–Crippen MR) is 94.0 cm³/mol. The molecule has 2 amide bonds. The van der Waals surface area contributed by atoms with Crippen molar-refractivity contribution in [3.05, 3.63) is 23.8 Å². The van der Waals surface area contributed by atoms with Crippen molar-refractivity contribution in [2.45, 2.75) is 26.7 Å². The maximum Gasteiger partial charge on any atom is 0.253 e. The molecule has 1 aromatic carbocycles. The summed E-state index contributed by atoms with van der Waals surface area (Å²) in [7, 11) is 0. The molecule has 0 unspecified atom stereocenters. The number of fused-ring (bicyclic) bond motifs is 1. The van der Waals surface area contributed by atoms with Gasteiger partial charge in [0, 0.05) is 31.7 Å². The van der Waals surface area contributed by atoms with Crippen LogP contribution in [0, 0.1) is 5.92 Å². The molecule has 1 aromatic heterocycles. The molecule has 1 atom stereocenters.